The van der Waals surface area contributed by atoms with Gasteiger partial charge in [0.25, 0.3) is 0 Å². The number of hydrogen-bond acceptors (Lipinski definition) is 0. The first-order chi connectivity index (χ1) is 2.41. The van der Waals surface area contributed by atoms with Crippen molar-refractivity contribution >= 4 is 0 Å². The summed E-state index contributed by atoms with van der Waals surface area (Å²) in [5.41, 5.74) is 0. The Morgan fingerprint density at radius 3 is 0.700 bits per heavy atom. The summed E-state index contributed by atoms with van der Waals surface area (Å²) in [4.78, 5) is 0. The molecule has 0 amide bonds. The van der Waals surface area contributed by atoms with Crippen molar-refractivity contribution in [3.05, 3.63) is 21.3 Å². The minimum absolute atomic E-state index is 0. The van der Waals surface area contributed by atoms with Gasteiger partial charge < -0.3 is 21.3 Å². The zero-order chi connectivity index (χ0) is 4.71. The Labute approximate surface area is 144 Å². The second-order valence-corrected chi connectivity index (χ2v) is 0.577. The molecule has 0 atom stereocenters. The molecule has 0 nitrogen and oxygen atoms in total. The minimum atomic E-state index is 0. The van der Waals surface area contributed by atoms with Crippen molar-refractivity contribution in [2.24, 2.45) is 0 Å². The summed E-state index contributed by atoms with van der Waals surface area (Å²) in [7, 11) is 0. The molecule has 0 fully saturated rings. The first-order valence-corrected chi connectivity index (χ1v) is 2.15. The third-order valence-corrected chi connectivity index (χ3v) is 0. The Bertz CT molecular complexity index is 8.81. The predicted octanol–water partition coefficient (Wildman–Crippen LogP) is 3.15. The maximum Gasteiger partial charge on any atom is 0 e. The topological polar surface area (TPSA) is 0 Å². The fraction of sp³-hybridized carbons (Fsp3) is 0.571. The fourth-order valence-corrected chi connectivity index (χ4v) is 0. The Kier molecular flexibility index (Phi) is 429. The Hall–Kier alpha value is 3.31. The van der Waals surface area contributed by atoms with Crippen LogP contribution in [-0.4, -0.2) is 0 Å². The maximum absolute atomic E-state index is 2.00. The maximum atomic E-state index is 2.00. The van der Waals surface area contributed by atoms with Crippen LogP contribution < -0.4 is 0 Å². The normalized spacial score (nSPS) is 2.40. The largest absolute Gasteiger partial charge is 0.358 e. The third-order valence-electron chi connectivity index (χ3n) is 0. The van der Waals surface area contributed by atoms with Crippen LogP contribution in [0.25, 0.3) is 0 Å². The van der Waals surface area contributed by atoms with Crippen LogP contribution in [0.5, 0.6) is 0 Å². The molecule has 0 aliphatic carbocycles. The van der Waals surface area contributed by atoms with Crippen LogP contribution in [0.4, 0.5) is 0 Å². The summed E-state index contributed by atoms with van der Waals surface area (Å²) < 4.78 is 0. The van der Waals surface area contributed by atoms with E-state index in [4.69, 9.17) is 0 Å². The third kappa shape index (κ3) is 110. The number of hydrogen-bond donors (Lipinski definition) is 0. The zero-order valence-corrected chi connectivity index (χ0v) is 16.8. The van der Waals surface area contributed by atoms with Crippen molar-refractivity contribution in [1.82, 2.24) is 0 Å². The van der Waals surface area contributed by atoms with E-state index in [1.54, 1.807) is 0 Å². The molecule has 0 heterocycles. The average Bonchev–Trinajstić information content (AvgIpc) is 1.46. The molecule has 0 aliphatic rings. The van der Waals surface area contributed by atoms with Gasteiger partial charge in [-0.25, -0.2) is 0 Å². The quantitative estimate of drug-likeness (QED) is 0.575. The van der Waals surface area contributed by atoms with Crippen LogP contribution in [0, 0.1) is 21.3 Å². The first-order valence-electron chi connectivity index (χ1n) is 2.15. The van der Waals surface area contributed by atoms with E-state index < -0.39 is 0 Å². The average molecular weight is 370 g/mol. The molecule has 10 heavy (non-hydrogen) atoms. The second kappa shape index (κ2) is 84.7. The molecule has 0 bridgehead atoms. The molecule has 0 spiro atoms. The molecule has 3 heteroatoms. The van der Waals surface area contributed by atoms with E-state index in [2.05, 4.69) is 0 Å². The SMILES string of the molecule is CC.C[CH-]C.[CH3-].[CH3-].[Y].[Y].[Y]. The summed E-state index contributed by atoms with van der Waals surface area (Å²) in [5.74, 6) is 0. The molecule has 0 N–H and O–H groups in total. The van der Waals surface area contributed by atoms with Crippen LogP contribution in [0.1, 0.15) is 27.7 Å². The summed E-state index contributed by atoms with van der Waals surface area (Å²) in [6.45, 7) is 8.00. The van der Waals surface area contributed by atoms with Gasteiger partial charge in [-0.05, 0) is 0 Å². The van der Waals surface area contributed by atoms with E-state index in [0.717, 1.165) is 0 Å². The molecular formula is C7H19Y3-3. The van der Waals surface area contributed by atoms with Crippen LogP contribution >= 0.6 is 0 Å². The molecule has 0 aromatic heterocycles. The van der Waals surface area contributed by atoms with E-state index in [0.29, 0.717) is 0 Å². The van der Waals surface area contributed by atoms with Crippen LogP contribution in [0.3, 0.4) is 0 Å². The van der Waals surface area contributed by atoms with Gasteiger partial charge in [-0.1, -0.05) is 13.8 Å². The van der Waals surface area contributed by atoms with E-state index in [-0.39, 0.29) is 113 Å². The number of rotatable bonds is 0. The fourth-order valence-electron chi connectivity index (χ4n) is 0. The van der Waals surface area contributed by atoms with Gasteiger partial charge in [0.1, 0.15) is 0 Å². The second-order valence-electron chi connectivity index (χ2n) is 0.577. The van der Waals surface area contributed by atoms with E-state index >= 15 is 0 Å². The Morgan fingerprint density at radius 1 is 0.700 bits per heavy atom. The molecule has 0 saturated heterocycles. The van der Waals surface area contributed by atoms with Crippen molar-refractivity contribution in [2.75, 3.05) is 0 Å². The van der Waals surface area contributed by atoms with Crippen molar-refractivity contribution in [1.29, 1.82) is 0 Å². The van der Waals surface area contributed by atoms with E-state index in [9.17, 15) is 0 Å². The van der Waals surface area contributed by atoms with Gasteiger partial charge in [0.15, 0.2) is 0 Å². The van der Waals surface area contributed by atoms with Crippen molar-refractivity contribution in [3.8, 4) is 0 Å². The van der Waals surface area contributed by atoms with Gasteiger partial charge in [0.05, 0.1) is 0 Å². The van der Waals surface area contributed by atoms with Crippen molar-refractivity contribution in [2.45, 2.75) is 27.7 Å². The van der Waals surface area contributed by atoms with Gasteiger partial charge in [-0.2, -0.15) is 13.8 Å². The summed E-state index contributed by atoms with van der Waals surface area (Å²) in [6, 6.07) is 0. The molecular weight excluding hydrogens is 351 g/mol. The van der Waals surface area contributed by atoms with E-state index in [1.165, 1.54) is 0 Å². The van der Waals surface area contributed by atoms with Gasteiger partial charge in [0.2, 0.25) is 0 Å². The summed E-state index contributed by atoms with van der Waals surface area (Å²) in [5, 5.41) is 0. The van der Waals surface area contributed by atoms with Gasteiger partial charge in [-0.15, -0.1) is 0 Å². The molecule has 0 saturated carbocycles. The standard InChI is InChI=1S/C3H7.C2H6.2CH3.3Y/c1-3-2;1-2;;;;;/h3H,1-2H3;1-2H3;2*1H3;;;/q-1;;2*-1;;;. The Balaban J connectivity index is -0.00000000246. The molecule has 59 valence electrons. The van der Waals surface area contributed by atoms with Crippen molar-refractivity contribution < 1.29 is 98.1 Å². The molecule has 0 aliphatic heterocycles. The molecule has 0 aromatic rings. The molecule has 3 radical (unpaired) electrons. The van der Waals surface area contributed by atoms with Crippen LogP contribution in [0.15, 0.2) is 0 Å². The van der Waals surface area contributed by atoms with Crippen LogP contribution in [-0.2, 0) is 98.1 Å². The van der Waals surface area contributed by atoms with E-state index in [1.807, 2.05) is 34.1 Å². The van der Waals surface area contributed by atoms with Crippen LogP contribution in [0.2, 0.25) is 0 Å². The minimum Gasteiger partial charge on any atom is -0.358 e. The molecule has 0 rings (SSSR count). The monoisotopic (exact) mass is 370 g/mol. The predicted molar refractivity (Wildman–Crippen MR) is 39.8 cm³/mol. The molecule has 0 aromatic carbocycles. The van der Waals surface area contributed by atoms with Gasteiger partial charge >= 0.3 is 0 Å². The summed E-state index contributed by atoms with van der Waals surface area (Å²) in [6.07, 6.45) is 2.00. The molecule has 0 unspecified atom stereocenters. The zero-order valence-electron chi connectivity index (χ0n) is 8.31. The smallest absolute Gasteiger partial charge is 0 e. The van der Waals surface area contributed by atoms with Crippen molar-refractivity contribution in [3.63, 3.8) is 0 Å². The van der Waals surface area contributed by atoms with Gasteiger partial charge in [0, 0.05) is 98.1 Å². The first kappa shape index (κ1) is 50.6. The Morgan fingerprint density at radius 2 is 0.700 bits per heavy atom. The van der Waals surface area contributed by atoms with Gasteiger partial charge in [-0.3, -0.25) is 0 Å². The summed E-state index contributed by atoms with van der Waals surface area (Å²) >= 11 is 0.